The fourth-order valence-corrected chi connectivity index (χ4v) is 3.23. The summed E-state index contributed by atoms with van der Waals surface area (Å²) in [4.78, 5) is 31.5. The summed E-state index contributed by atoms with van der Waals surface area (Å²) >= 11 is 1.57. The molecule has 2 heterocycles. The highest BCUT2D eigenvalue weighted by Crippen LogP contribution is 2.29. The Morgan fingerprint density at radius 1 is 1.53 bits per heavy atom. The van der Waals surface area contributed by atoms with E-state index in [1.807, 2.05) is 20.8 Å². The lowest BCUT2D eigenvalue weighted by Crippen LogP contribution is -2.62. The van der Waals surface area contributed by atoms with Gasteiger partial charge in [0, 0.05) is 11.1 Å². The molecule has 19 heavy (non-hydrogen) atoms. The van der Waals surface area contributed by atoms with Crippen molar-refractivity contribution in [2.24, 2.45) is 0 Å². The number of carbonyl (C=O) groups is 2. The predicted molar refractivity (Wildman–Crippen MR) is 73.8 cm³/mol. The number of piperazine rings is 1. The number of aromatic nitrogens is 1. The average molecular weight is 281 g/mol. The highest BCUT2D eigenvalue weighted by molar-refractivity contribution is 7.11. The Hall–Kier alpha value is -1.43. The minimum atomic E-state index is -0.459. The van der Waals surface area contributed by atoms with Gasteiger partial charge < -0.3 is 10.2 Å². The van der Waals surface area contributed by atoms with Gasteiger partial charge in [-0.15, -0.1) is 11.3 Å². The number of thiazole rings is 1. The van der Waals surface area contributed by atoms with Crippen LogP contribution in [-0.4, -0.2) is 33.8 Å². The van der Waals surface area contributed by atoms with Crippen molar-refractivity contribution in [2.45, 2.75) is 52.2 Å². The van der Waals surface area contributed by atoms with Gasteiger partial charge in [-0.1, -0.05) is 6.92 Å². The molecule has 1 aromatic heterocycles. The number of hydrogen-bond donors (Lipinski definition) is 1. The quantitative estimate of drug-likeness (QED) is 0.916. The lowest BCUT2D eigenvalue weighted by molar-refractivity contribution is -0.151. The third-order valence-corrected chi connectivity index (χ3v) is 4.51. The highest BCUT2D eigenvalue weighted by atomic mass is 32.1. The van der Waals surface area contributed by atoms with Gasteiger partial charge in [-0.25, -0.2) is 4.98 Å². The zero-order valence-corrected chi connectivity index (χ0v) is 12.5. The van der Waals surface area contributed by atoms with Crippen LogP contribution in [0.4, 0.5) is 0 Å². The van der Waals surface area contributed by atoms with Crippen LogP contribution in [0.1, 0.15) is 43.1 Å². The van der Waals surface area contributed by atoms with Gasteiger partial charge in [0.1, 0.15) is 17.1 Å². The van der Waals surface area contributed by atoms with Crippen molar-refractivity contribution in [1.29, 1.82) is 0 Å². The number of rotatable bonds is 3. The van der Waals surface area contributed by atoms with E-state index in [9.17, 15) is 9.59 Å². The fraction of sp³-hybridized carbons (Fsp3) is 0.615. The summed E-state index contributed by atoms with van der Waals surface area (Å²) in [6.45, 7) is 7.56. The van der Waals surface area contributed by atoms with Gasteiger partial charge in [0.15, 0.2) is 0 Å². The summed E-state index contributed by atoms with van der Waals surface area (Å²) in [6.07, 6.45) is 2.41. The summed E-state index contributed by atoms with van der Waals surface area (Å²) in [5, 5.41) is 3.61. The summed E-state index contributed by atoms with van der Waals surface area (Å²) in [6, 6.07) is -1.02. The molecule has 2 rings (SSSR count). The maximum Gasteiger partial charge on any atom is 0.246 e. The molecular formula is C13H19N3O2S. The molecule has 0 aliphatic carbocycles. The van der Waals surface area contributed by atoms with Gasteiger partial charge in [-0.3, -0.25) is 9.59 Å². The molecule has 5 nitrogen and oxygen atoms in total. The van der Waals surface area contributed by atoms with Gasteiger partial charge in [0.05, 0.1) is 6.04 Å². The summed E-state index contributed by atoms with van der Waals surface area (Å²) in [5.41, 5.74) is 0. The van der Waals surface area contributed by atoms with Crippen LogP contribution in [0.15, 0.2) is 6.20 Å². The van der Waals surface area contributed by atoms with Crippen LogP contribution >= 0.6 is 11.3 Å². The van der Waals surface area contributed by atoms with Gasteiger partial charge in [0.25, 0.3) is 0 Å². The van der Waals surface area contributed by atoms with E-state index in [0.717, 1.165) is 9.88 Å². The van der Waals surface area contributed by atoms with Crippen molar-refractivity contribution in [2.75, 3.05) is 0 Å². The lowest BCUT2D eigenvalue weighted by Gasteiger charge is -2.40. The Kier molecular flexibility index (Phi) is 3.89. The van der Waals surface area contributed by atoms with E-state index < -0.39 is 12.1 Å². The molecule has 104 valence electrons. The van der Waals surface area contributed by atoms with Crippen LogP contribution in [0.5, 0.6) is 0 Å². The first-order chi connectivity index (χ1) is 8.95. The molecule has 1 N–H and O–H groups in total. The van der Waals surface area contributed by atoms with Crippen molar-refractivity contribution in [3.05, 3.63) is 16.1 Å². The second kappa shape index (κ2) is 5.28. The van der Waals surface area contributed by atoms with E-state index in [2.05, 4.69) is 10.3 Å². The number of hydrogen-bond acceptors (Lipinski definition) is 4. The van der Waals surface area contributed by atoms with Crippen molar-refractivity contribution >= 4 is 23.2 Å². The van der Waals surface area contributed by atoms with Crippen molar-refractivity contribution in [3.63, 3.8) is 0 Å². The Bertz CT molecular complexity index is 500. The van der Waals surface area contributed by atoms with Gasteiger partial charge in [0.2, 0.25) is 11.8 Å². The molecule has 1 aliphatic rings. The summed E-state index contributed by atoms with van der Waals surface area (Å²) < 4.78 is 0. The van der Waals surface area contributed by atoms with Crippen LogP contribution in [-0.2, 0) is 9.59 Å². The van der Waals surface area contributed by atoms with Crippen LogP contribution in [0.2, 0.25) is 0 Å². The topological polar surface area (TPSA) is 62.3 Å². The number of aryl methyl sites for hydroxylation is 1. The van der Waals surface area contributed by atoms with E-state index in [-0.39, 0.29) is 17.9 Å². The van der Waals surface area contributed by atoms with Crippen LogP contribution in [0, 0.1) is 6.92 Å². The lowest BCUT2D eigenvalue weighted by atomic mass is 10.0. The highest BCUT2D eigenvalue weighted by Gasteiger charge is 2.40. The maximum absolute atomic E-state index is 12.3. The number of nitrogens with one attached hydrogen (secondary N) is 1. The largest absolute Gasteiger partial charge is 0.343 e. The molecule has 1 aliphatic heterocycles. The van der Waals surface area contributed by atoms with E-state index in [1.54, 1.807) is 29.4 Å². The third-order valence-electron chi connectivity index (χ3n) is 3.42. The molecule has 0 bridgehead atoms. The van der Waals surface area contributed by atoms with E-state index in [4.69, 9.17) is 0 Å². The smallest absolute Gasteiger partial charge is 0.246 e. The molecule has 6 heteroatoms. The van der Waals surface area contributed by atoms with Crippen molar-refractivity contribution in [1.82, 2.24) is 15.2 Å². The Labute approximate surface area is 117 Å². The molecule has 3 atom stereocenters. The minimum absolute atomic E-state index is 0.0354. The normalized spacial score (nSPS) is 25.4. The van der Waals surface area contributed by atoms with Gasteiger partial charge in [-0.2, -0.15) is 0 Å². The first kappa shape index (κ1) is 14.0. The molecule has 3 unspecified atom stereocenters. The van der Waals surface area contributed by atoms with Crippen LogP contribution < -0.4 is 5.32 Å². The Balaban J connectivity index is 2.32. The van der Waals surface area contributed by atoms with Crippen LogP contribution in [0.25, 0.3) is 0 Å². The fourth-order valence-electron chi connectivity index (χ4n) is 2.40. The molecule has 2 amide bonds. The molecule has 1 saturated heterocycles. The van der Waals surface area contributed by atoms with E-state index in [0.29, 0.717) is 6.42 Å². The zero-order valence-electron chi connectivity index (χ0n) is 11.6. The minimum Gasteiger partial charge on any atom is -0.343 e. The third kappa shape index (κ3) is 2.49. The molecule has 0 spiro atoms. The SMILES string of the molecule is CCC1C(=O)NC(C)C(=O)N1C(C)c1ncc(C)s1. The Morgan fingerprint density at radius 2 is 2.21 bits per heavy atom. The van der Waals surface area contributed by atoms with Crippen LogP contribution in [0.3, 0.4) is 0 Å². The first-order valence-corrected chi connectivity index (χ1v) is 7.32. The zero-order chi connectivity index (χ0) is 14.2. The molecule has 0 aromatic carbocycles. The molecule has 0 radical (unpaired) electrons. The second-order valence-corrected chi connectivity index (χ2v) is 6.15. The molecule has 0 saturated carbocycles. The van der Waals surface area contributed by atoms with E-state index in [1.165, 1.54) is 0 Å². The molecule has 1 fully saturated rings. The van der Waals surface area contributed by atoms with Gasteiger partial charge in [-0.05, 0) is 27.2 Å². The monoisotopic (exact) mass is 281 g/mol. The number of amides is 2. The number of nitrogens with zero attached hydrogens (tertiary/aromatic N) is 2. The summed E-state index contributed by atoms with van der Waals surface area (Å²) in [5.74, 6) is -0.110. The van der Waals surface area contributed by atoms with E-state index >= 15 is 0 Å². The second-order valence-electron chi connectivity index (χ2n) is 4.88. The molecular weight excluding hydrogens is 262 g/mol. The molecule has 1 aromatic rings. The first-order valence-electron chi connectivity index (χ1n) is 6.50. The number of carbonyl (C=O) groups excluding carboxylic acids is 2. The maximum atomic E-state index is 12.3. The summed E-state index contributed by atoms with van der Waals surface area (Å²) in [7, 11) is 0. The van der Waals surface area contributed by atoms with Crippen molar-refractivity contribution < 1.29 is 9.59 Å². The Morgan fingerprint density at radius 3 is 2.74 bits per heavy atom. The predicted octanol–water partition coefficient (Wildman–Crippen LogP) is 1.64. The average Bonchev–Trinajstić information content (AvgIpc) is 2.79. The standard InChI is InChI=1S/C13H19N3O2S/c1-5-10-11(17)15-8(3)13(18)16(10)9(4)12-14-6-7(2)19-12/h6,8-10H,5H2,1-4H3,(H,15,17). The van der Waals surface area contributed by atoms with Crippen molar-refractivity contribution in [3.8, 4) is 0 Å². The van der Waals surface area contributed by atoms with Gasteiger partial charge >= 0.3 is 0 Å².